The second-order valence-electron chi connectivity index (χ2n) is 3.62. The van der Waals surface area contributed by atoms with Crippen molar-refractivity contribution in [3.63, 3.8) is 0 Å². The van der Waals surface area contributed by atoms with Gasteiger partial charge in [-0.3, -0.25) is 0 Å². The molecule has 0 N–H and O–H groups in total. The number of hydrogen-bond acceptors (Lipinski definition) is 3. The summed E-state index contributed by atoms with van der Waals surface area (Å²) in [7, 11) is 0. The Morgan fingerprint density at radius 3 is 2.87 bits per heavy atom. The van der Waals surface area contributed by atoms with Crippen molar-refractivity contribution >= 4 is 11.8 Å². The fraction of sp³-hybridized carbons (Fsp3) is 0.500. The van der Waals surface area contributed by atoms with Gasteiger partial charge in [0.1, 0.15) is 0 Å². The molecular weight excluding hydrogens is 208 g/mol. The van der Waals surface area contributed by atoms with Gasteiger partial charge in [0.2, 0.25) is 0 Å². The third kappa shape index (κ3) is 2.97. The maximum Gasteiger partial charge on any atom is 0.184 e. The van der Waals surface area contributed by atoms with E-state index in [1.54, 1.807) is 0 Å². The number of rotatable bonds is 3. The van der Waals surface area contributed by atoms with Gasteiger partial charge in [-0.05, 0) is 12.7 Å². The Hall–Kier alpha value is -0.510. The van der Waals surface area contributed by atoms with Gasteiger partial charge >= 0.3 is 0 Å². The molecule has 82 valence electrons. The largest absolute Gasteiger partial charge is 0.348 e. The fourth-order valence-electron chi connectivity index (χ4n) is 1.68. The van der Waals surface area contributed by atoms with Crippen molar-refractivity contribution in [3.05, 3.63) is 35.9 Å². The van der Waals surface area contributed by atoms with Gasteiger partial charge in [0.25, 0.3) is 0 Å². The van der Waals surface area contributed by atoms with E-state index in [9.17, 15) is 0 Å². The van der Waals surface area contributed by atoms with Crippen LogP contribution in [0.4, 0.5) is 0 Å². The number of thioether (sulfide) groups is 1. The third-order valence-electron chi connectivity index (χ3n) is 2.45. The Kier molecular flexibility index (Phi) is 4.06. The maximum atomic E-state index is 5.87. The molecule has 1 saturated heterocycles. The average Bonchev–Trinajstić information content (AvgIpc) is 2.31. The molecule has 1 fully saturated rings. The second-order valence-corrected chi connectivity index (χ2v) is 4.53. The zero-order valence-corrected chi connectivity index (χ0v) is 9.70. The van der Waals surface area contributed by atoms with Crippen LogP contribution in [-0.2, 0) is 9.47 Å². The molecule has 0 spiro atoms. The Labute approximate surface area is 95.0 Å². The minimum absolute atomic E-state index is 0.169. The van der Waals surface area contributed by atoms with Crippen LogP contribution in [0.5, 0.6) is 0 Å². The monoisotopic (exact) mass is 224 g/mol. The van der Waals surface area contributed by atoms with E-state index in [0.29, 0.717) is 6.10 Å². The van der Waals surface area contributed by atoms with E-state index in [4.69, 9.17) is 9.47 Å². The predicted molar refractivity (Wildman–Crippen MR) is 63.0 cm³/mol. The molecule has 1 aliphatic heterocycles. The minimum atomic E-state index is -0.169. The zero-order valence-electron chi connectivity index (χ0n) is 8.89. The van der Waals surface area contributed by atoms with Gasteiger partial charge in [0.05, 0.1) is 12.7 Å². The molecule has 0 aliphatic carbocycles. The molecule has 0 radical (unpaired) electrons. The lowest BCUT2D eigenvalue weighted by molar-refractivity contribution is -0.211. The highest BCUT2D eigenvalue weighted by atomic mass is 32.2. The van der Waals surface area contributed by atoms with E-state index < -0.39 is 0 Å². The summed E-state index contributed by atoms with van der Waals surface area (Å²) in [5.41, 5.74) is 1.11. The summed E-state index contributed by atoms with van der Waals surface area (Å²) in [6, 6.07) is 10.1. The number of benzene rings is 1. The van der Waals surface area contributed by atoms with E-state index in [1.165, 1.54) is 0 Å². The van der Waals surface area contributed by atoms with Crippen LogP contribution in [0, 0.1) is 0 Å². The van der Waals surface area contributed by atoms with Crippen LogP contribution in [0.3, 0.4) is 0 Å². The van der Waals surface area contributed by atoms with E-state index >= 15 is 0 Å². The third-order valence-corrected chi connectivity index (χ3v) is 3.15. The summed E-state index contributed by atoms with van der Waals surface area (Å²) in [5.74, 6) is 1.05. The fourth-order valence-corrected chi connectivity index (χ4v) is 2.30. The first kappa shape index (κ1) is 11.0. The highest BCUT2D eigenvalue weighted by Crippen LogP contribution is 2.27. The molecule has 0 amide bonds. The molecule has 3 heteroatoms. The van der Waals surface area contributed by atoms with Gasteiger partial charge in [-0.1, -0.05) is 30.3 Å². The summed E-state index contributed by atoms with van der Waals surface area (Å²) < 4.78 is 11.5. The van der Waals surface area contributed by atoms with Crippen molar-refractivity contribution in [2.24, 2.45) is 0 Å². The molecule has 2 atom stereocenters. The minimum Gasteiger partial charge on any atom is -0.348 e. The first-order valence-corrected chi connectivity index (χ1v) is 6.60. The summed E-state index contributed by atoms with van der Waals surface area (Å²) >= 11 is 1.82. The van der Waals surface area contributed by atoms with Gasteiger partial charge in [-0.25, -0.2) is 0 Å². The molecule has 1 aromatic carbocycles. The molecule has 2 unspecified atom stereocenters. The maximum absolute atomic E-state index is 5.87. The van der Waals surface area contributed by atoms with Crippen molar-refractivity contribution in [3.8, 4) is 0 Å². The van der Waals surface area contributed by atoms with Crippen LogP contribution < -0.4 is 0 Å². The van der Waals surface area contributed by atoms with Crippen molar-refractivity contribution in [2.75, 3.05) is 18.6 Å². The summed E-state index contributed by atoms with van der Waals surface area (Å²) in [5, 5.41) is 0. The Bertz CT molecular complexity index is 287. The molecule has 15 heavy (non-hydrogen) atoms. The quantitative estimate of drug-likeness (QED) is 0.786. The lowest BCUT2D eigenvalue weighted by atomic mass is 10.2. The van der Waals surface area contributed by atoms with Gasteiger partial charge in [0, 0.05) is 11.3 Å². The van der Waals surface area contributed by atoms with Crippen LogP contribution >= 0.6 is 11.8 Å². The summed E-state index contributed by atoms with van der Waals surface area (Å²) in [4.78, 5) is 0. The molecule has 1 heterocycles. The molecule has 1 aromatic rings. The molecule has 1 aliphatic rings. The highest BCUT2D eigenvalue weighted by Gasteiger charge is 2.23. The van der Waals surface area contributed by atoms with E-state index in [-0.39, 0.29) is 6.29 Å². The molecule has 2 nitrogen and oxygen atoms in total. The normalized spacial score (nSPS) is 26.5. The first-order chi connectivity index (χ1) is 7.40. The van der Waals surface area contributed by atoms with Crippen molar-refractivity contribution in [2.45, 2.75) is 18.8 Å². The topological polar surface area (TPSA) is 18.5 Å². The van der Waals surface area contributed by atoms with Crippen molar-refractivity contribution in [1.29, 1.82) is 0 Å². The van der Waals surface area contributed by atoms with Crippen LogP contribution in [0.1, 0.15) is 18.3 Å². The van der Waals surface area contributed by atoms with Gasteiger partial charge in [-0.15, -0.1) is 0 Å². The van der Waals surface area contributed by atoms with E-state index in [2.05, 4.69) is 6.26 Å². The second kappa shape index (κ2) is 5.54. The smallest absolute Gasteiger partial charge is 0.184 e. The number of hydrogen-bond donors (Lipinski definition) is 0. The molecule has 0 bridgehead atoms. The standard InChI is InChI=1S/C12H16O2S/c1-15-9-11-7-8-13-12(14-11)10-5-3-2-4-6-10/h2-6,11-12H,7-9H2,1H3. The van der Waals surface area contributed by atoms with Crippen molar-refractivity contribution in [1.82, 2.24) is 0 Å². The Morgan fingerprint density at radius 2 is 2.13 bits per heavy atom. The molecule has 0 saturated carbocycles. The summed E-state index contributed by atoms with van der Waals surface area (Å²) in [6.45, 7) is 0.796. The van der Waals surface area contributed by atoms with E-state index in [1.807, 2.05) is 42.1 Å². The lowest BCUT2D eigenvalue weighted by Gasteiger charge is -2.30. The summed E-state index contributed by atoms with van der Waals surface area (Å²) in [6.07, 6.45) is 3.27. The average molecular weight is 224 g/mol. The predicted octanol–water partition coefficient (Wildman–Crippen LogP) is 2.85. The van der Waals surface area contributed by atoms with Gasteiger partial charge in [0.15, 0.2) is 6.29 Å². The van der Waals surface area contributed by atoms with Crippen LogP contribution in [-0.4, -0.2) is 24.7 Å². The highest BCUT2D eigenvalue weighted by molar-refractivity contribution is 7.98. The van der Waals surface area contributed by atoms with Crippen LogP contribution in [0.25, 0.3) is 0 Å². The van der Waals surface area contributed by atoms with E-state index in [0.717, 1.165) is 24.3 Å². The first-order valence-electron chi connectivity index (χ1n) is 5.21. The molecule has 2 rings (SSSR count). The Balaban J connectivity index is 1.98. The van der Waals surface area contributed by atoms with Crippen LogP contribution in [0.2, 0.25) is 0 Å². The van der Waals surface area contributed by atoms with Gasteiger partial charge in [-0.2, -0.15) is 11.8 Å². The Morgan fingerprint density at radius 1 is 1.33 bits per heavy atom. The molecule has 0 aromatic heterocycles. The van der Waals surface area contributed by atoms with Crippen molar-refractivity contribution < 1.29 is 9.47 Å². The molecular formula is C12H16O2S. The SMILES string of the molecule is CSCC1CCOC(c2ccccc2)O1. The van der Waals surface area contributed by atoms with Crippen LogP contribution in [0.15, 0.2) is 30.3 Å². The lowest BCUT2D eigenvalue weighted by Crippen LogP contribution is -2.28. The van der Waals surface area contributed by atoms with Gasteiger partial charge < -0.3 is 9.47 Å². The number of ether oxygens (including phenoxy) is 2. The zero-order chi connectivity index (χ0) is 10.5.